The highest BCUT2D eigenvalue weighted by Crippen LogP contribution is 2.29. The maximum absolute atomic E-state index is 13.2. The minimum Gasteiger partial charge on any atom is -0.338 e. The van der Waals surface area contributed by atoms with Gasteiger partial charge >= 0.3 is 0 Å². The third kappa shape index (κ3) is 4.37. The summed E-state index contributed by atoms with van der Waals surface area (Å²) < 4.78 is 0. The van der Waals surface area contributed by atoms with E-state index in [1.807, 2.05) is 23.1 Å². The van der Waals surface area contributed by atoms with E-state index in [2.05, 4.69) is 17.4 Å². The van der Waals surface area contributed by atoms with Crippen molar-refractivity contribution in [1.29, 1.82) is 0 Å². The predicted molar refractivity (Wildman–Crippen MR) is 122 cm³/mol. The largest absolute Gasteiger partial charge is 0.338 e. The van der Waals surface area contributed by atoms with Crippen LogP contribution in [-0.4, -0.2) is 34.7 Å². The van der Waals surface area contributed by atoms with Crippen molar-refractivity contribution in [3.8, 4) is 0 Å². The van der Waals surface area contributed by atoms with Crippen LogP contribution in [0.3, 0.4) is 0 Å². The van der Waals surface area contributed by atoms with Crippen LogP contribution in [0.25, 0.3) is 0 Å². The van der Waals surface area contributed by atoms with Gasteiger partial charge in [0, 0.05) is 36.2 Å². The molecule has 1 aliphatic rings. The lowest BCUT2D eigenvalue weighted by Crippen LogP contribution is -2.29. The highest BCUT2D eigenvalue weighted by molar-refractivity contribution is 6.09. The third-order valence-electron chi connectivity index (χ3n) is 5.81. The fraction of sp³-hybridized carbons (Fsp3) is 0.200. The van der Waals surface area contributed by atoms with Gasteiger partial charge in [0.05, 0.1) is 16.2 Å². The van der Waals surface area contributed by atoms with E-state index in [0.29, 0.717) is 41.4 Å². The standard InChI is InChI=1S/C25H23N3O4/c1-17-15-19(11-12-23(17)28(31)32)24(29)26-22-10-6-5-9-21(22)25(30)27-14-13-20(16-27)18-7-3-2-4-8-18/h2-12,15,20H,13-14,16H2,1H3,(H,26,29). The highest BCUT2D eigenvalue weighted by atomic mass is 16.6. The molecule has 1 N–H and O–H groups in total. The number of carbonyl (C=O) groups excluding carboxylic acids is 2. The van der Waals surface area contributed by atoms with Crippen LogP contribution in [0.5, 0.6) is 0 Å². The Kier molecular flexibility index (Phi) is 5.98. The molecule has 7 nitrogen and oxygen atoms in total. The van der Waals surface area contributed by atoms with E-state index in [9.17, 15) is 19.7 Å². The zero-order valence-electron chi connectivity index (χ0n) is 17.7. The van der Waals surface area contributed by atoms with Crippen LogP contribution in [0, 0.1) is 17.0 Å². The van der Waals surface area contributed by atoms with Gasteiger partial charge < -0.3 is 10.2 Å². The molecule has 3 aromatic carbocycles. The Morgan fingerprint density at radius 3 is 2.47 bits per heavy atom. The van der Waals surface area contributed by atoms with Gasteiger partial charge in [-0.2, -0.15) is 0 Å². The van der Waals surface area contributed by atoms with Gasteiger partial charge in [0.1, 0.15) is 0 Å². The number of benzene rings is 3. The fourth-order valence-electron chi connectivity index (χ4n) is 4.09. The molecule has 1 fully saturated rings. The van der Waals surface area contributed by atoms with Crippen LogP contribution in [0.1, 0.15) is 44.2 Å². The summed E-state index contributed by atoms with van der Waals surface area (Å²) in [5.74, 6) is -0.254. The maximum Gasteiger partial charge on any atom is 0.272 e. The molecule has 4 rings (SSSR count). The Labute approximate surface area is 185 Å². The number of nitrogens with zero attached hydrogens (tertiary/aromatic N) is 2. The summed E-state index contributed by atoms with van der Waals surface area (Å²) >= 11 is 0. The first-order chi connectivity index (χ1) is 15.4. The quantitative estimate of drug-likeness (QED) is 0.466. The summed E-state index contributed by atoms with van der Waals surface area (Å²) in [6, 6.07) is 21.3. The Balaban J connectivity index is 1.51. The summed E-state index contributed by atoms with van der Waals surface area (Å²) in [4.78, 5) is 38.4. The predicted octanol–water partition coefficient (Wildman–Crippen LogP) is 4.79. The number of hydrogen-bond acceptors (Lipinski definition) is 4. The second kappa shape index (κ2) is 9.01. The van der Waals surface area contributed by atoms with E-state index < -0.39 is 10.8 Å². The number of rotatable bonds is 5. The zero-order valence-corrected chi connectivity index (χ0v) is 17.7. The monoisotopic (exact) mass is 429 g/mol. The summed E-state index contributed by atoms with van der Waals surface area (Å²) in [5.41, 5.74) is 2.71. The molecule has 1 unspecified atom stereocenters. The van der Waals surface area contributed by atoms with Crippen LogP contribution in [-0.2, 0) is 0 Å². The van der Waals surface area contributed by atoms with Gasteiger partial charge in [-0.1, -0.05) is 42.5 Å². The van der Waals surface area contributed by atoms with E-state index in [-0.39, 0.29) is 11.6 Å². The Morgan fingerprint density at radius 1 is 1.03 bits per heavy atom. The molecule has 0 aliphatic carbocycles. The van der Waals surface area contributed by atoms with Gasteiger partial charge in [0.15, 0.2) is 0 Å². The summed E-state index contributed by atoms with van der Waals surface area (Å²) in [7, 11) is 0. The molecule has 2 amide bonds. The normalized spacial score (nSPS) is 15.4. The Hall–Kier alpha value is -4.00. The molecule has 162 valence electrons. The van der Waals surface area contributed by atoms with Gasteiger partial charge in [-0.3, -0.25) is 19.7 Å². The molecule has 0 radical (unpaired) electrons. The average Bonchev–Trinajstić information content (AvgIpc) is 3.29. The first kappa shape index (κ1) is 21.2. The molecule has 0 bridgehead atoms. The minimum atomic E-state index is -0.482. The van der Waals surface area contributed by atoms with Crippen LogP contribution >= 0.6 is 0 Å². The van der Waals surface area contributed by atoms with Gasteiger partial charge in [0.2, 0.25) is 0 Å². The van der Waals surface area contributed by atoms with Crippen LogP contribution in [0.15, 0.2) is 72.8 Å². The van der Waals surface area contributed by atoms with E-state index in [1.54, 1.807) is 31.2 Å². The molecular weight excluding hydrogens is 406 g/mol. The van der Waals surface area contributed by atoms with Gasteiger partial charge in [-0.25, -0.2) is 0 Å². The van der Waals surface area contributed by atoms with Crippen LogP contribution in [0.2, 0.25) is 0 Å². The van der Waals surface area contributed by atoms with Crippen molar-refractivity contribution < 1.29 is 14.5 Å². The molecule has 1 aliphatic heterocycles. The number of anilines is 1. The number of aryl methyl sites for hydroxylation is 1. The molecule has 1 atom stereocenters. The average molecular weight is 429 g/mol. The number of likely N-dealkylation sites (tertiary alicyclic amines) is 1. The van der Waals surface area contributed by atoms with Crippen molar-refractivity contribution in [1.82, 2.24) is 4.90 Å². The SMILES string of the molecule is Cc1cc(C(=O)Nc2ccccc2C(=O)N2CCC(c3ccccc3)C2)ccc1[N+](=O)[O-]. The molecule has 7 heteroatoms. The highest BCUT2D eigenvalue weighted by Gasteiger charge is 2.29. The van der Waals surface area contributed by atoms with E-state index >= 15 is 0 Å². The summed E-state index contributed by atoms with van der Waals surface area (Å²) in [6.45, 7) is 2.87. The maximum atomic E-state index is 13.2. The summed E-state index contributed by atoms with van der Waals surface area (Å²) in [6.07, 6.45) is 0.895. The zero-order chi connectivity index (χ0) is 22.7. The first-order valence-corrected chi connectivity index (χ1v) is 10.4. The van der Waals surface area contributed by atoms with Crippen molar-refractivity contribution in [2.75, 3.05) is 18.4 Å². The van der Waals surface area contributed by atoms with Crippen LogP contribution in [0.4, 0.5) is 11.4 Å². The van der Waals surface area contributed by atoms with Crippen molar-refractivity contribution in [3.63, 3.8) is 0 Å². The number of nitro benzene ring substituents is 1. The molecule has 1 heterocycles. The summed E-state index contributed by atoms with van der Waals surface area (Å²) in [5, 5.41) is 13.8. The van der Waals surface area contributed by atoms with Gasteiger partial charge in [-0.15, -0.1) is 0 Å². The molecule has 32 heavy (non-hydrogen) atoms. The Bertz CT molecular complexity index is 1180. The van der Waals surface area contributed by atoms with Gasteiger partial charge in [-0.05, 0) is 43.2 Å². The number of para-hydroxylation sites is 1. The third-order valence-corrected chi connectivity index (χ3v) is 5.81. The second-order valence-corrected chi connectivity index (χ2v) is 7.91. The fourth-order valence-corrected chi connectivity index (χ4v) is 4.09. The molecule has 0 aromatic heterocycles. The lowest BCUT2D eigenvalue weighted by molar-refractivity contribution is -0.385. The molecule has 0 spiro atoms. The van der Waals surface area contributed by atoms with E-state index in [4.69, 9.17) is 0 Å². The van der Waals surface area contributed by atoms with Crippen molar-refractivity contribution in [2.24, 2.45) is 0 Å². The van der Waals surface area contributed by atoms with Crippen molar-refractivity contribution in [2.45, 2.75) is 19.3 Å². The van der Waals surface area contributed by atoms with Crippen LogP contribution < -0.4 is 5.32 Å². The lowest BCUT2D eigenvalue weighted by atomic mass is 9.99. The first-order valence-electron chi connectivity index (χ1n) is 10.4. The molecule has 0 saturated carbocycles. The van der Waals surface area contributed by atoms with Crippen molar-refractivity contribution >= 4 is 23.2 Å². The smallest absolute Gasteiger partial charge is 0.272 e. The van der Waals surface area contributed by atoms with Crippen molar-refractivity contribution in [3.05, 3.63) is 105 Å². The van der Waals surface area contributed by atoms with E-state index in [1.165, 1.54) is 23.8 Å². The number of amides is 2. The van der Waals surface area contributed by atoms with E-state index in [0.717, 1.165) is 6.42 Å². The second-order valence-electron chi connectivity index (χ2n) is 7.91. The number of carbonyl (C=O) groups is 2. The topological polar surface area (TPSA) is 92.6 Å². The molecule has 3 aromatic rings. The lowest BCUT2D eigenvalue weighted by Gasteiger charge is -2.19. The number of nitro groups is 1. The number of hydrogen-bond donors (Lipinski definition) is 1. The van der Waals surface area contributed by atoms with Gasteiger partial charge in [0.25, 0.3) is 17.5 Å². The Morgan fingerprint density at radius 2 is 1.75 bits per heavy atom. The molecule has 1 saturated heterocycles. The minimum absolute atomic E-state index is 0.0425. The molecular formula is C25H23N3O4. The number of nitrogens with one attached hydrogen (secondary N) is 1.